The quantitative estimate of drug-likeness (QED) is 0.690. The molecule has 0 spiro atoms. The van der Waals surface area contributed by atoms with Crippen LogP contribution in [0.15, 0.2) is 49.0 Å². The first-order chi connectivity index (χ1) is 12.3. The SMILES string of the molecule is C=C(CC1CCN(C(=O)OC(C)(C)C)CC1)c1ccc2ccccc2c1. The predicted molar refractivity (Wildman–Crippen MR) is 108 cm³/mol. The number of carbonyl (C=O) groups excluding carboxylic acids is 1. The minimum Gasteiger partial charge on any atom is -0.444 e. The highest BCUT2D eigenvalue weighted by Gasteiger charge is 2.27. The molecule has 3 nitrogen and oxygen atoms in total. The summed E-state index contributed by atoms with van der Waals surface area (Å²) in [5.74, 6) is 0.577. The van der Waals surface area contributed by atoms with Gasteiger partial charge in [0.1, 0.15) is 5.60 Å². The number of piperidine rings is 1. The fraction of sp³-hybridized carbons (Fsp3) is 0.435. The maximum absolute atomic E-state index is 12.2. The molecule has 0 aromatic heterocycles. The Kier molecular flexibility index (Phi) is 5.36. The number of carbonyl (C=O) groups is 1. The van der Waals surface area contributed by atoms with Crippen molar-refractivity contribution < 1.29 is 9.53 Å². The lowest BCUT2D eigenvalue weighted by molar-refractivity contribution is 0.0186. The highest BCUT2D eigenvalue weighted by atomic mass is 16.6. The predicted octanol–water partition coefficient (Wildman–Crippen LogP) is 5.89. The largest absolute Gasteiger partial charge is 0.444 e. The summed E-state index contributed by atoms with van der Waals surface area (Å²) in [7, 11) is 0. The molecule has 0 unspecified atom stereocenters. The average Bonchev–Trinajstić information content (AvgIpc) is 2.60. The van der Waals surface area contributed by atoms with Gasteiger partial charge >= 0.3 is 6.09 Å². The number of allylic oxidation sites excluding steroid dienone is 1. The Labute approximate surface area is 156 Å². The van der Waals surface area contributed by atoms with Crippen molar-refractivity contribution in [2.45, 2.75) is 45.6 Å². The van der Waals surface area contributed by atoms with E-state index in [0.29, 0.717) is 5.92 Å². The van der Waals surface area contributed by atoms with E-state index in [4.69, 9.17) is 4.74 Å². The zero-order valence-electron chi connectivity index (χ0n) is 16.1. The molecule has 0 aliphatic carbocycles. The lowest BCUT2D eigenvalue weighted by atomic mass is 9.88. The summed E-state index contributed by atoms with van der Waals surface area (Å²) in [6.45, 7) is 11.6. The van der Waals surface area contributed by atoms with Crippen molar-refractivity contribution in [3.8, 4) is 0 Å². The number of hydrogen-bond donors (Lipinski definition) is 0. The van der Waals surface area contributed by atoms with Crippen molar-refractivity contribution in [2.24, 2.45) is 5.92 Å². The molecular formula is C23H29NO2. The minimum absolute atomic E-state index is 0.190. The number of rotatable bonds is 3. The second-order valence-corrected chi connectivity index (χ2v) is 8.28. The van der Waals surface area contributed by atoms with Crippen LogP contribution >= 0.6 is 0 Å². The molecule has 1 fully saturated rings. The smallest absolute Gasteiger partial charge is 0.410 e. The van der Waals surface area contributed by atoms with Crippen LogP contribution in [0.1, 0.15) is 45.6 Å². The zero-order valence-corrected chi connectivity index (χ0v) is 16.1. The average molecular weight is 351 g/mol. The highest BCUT2D eigenvalue weighted by molar-refractivity contribution is 5.86. The number of hydrogen-bond acceptors (Lipinski definition) is 2. The van der Waals surface area contributed by atoms with E-state index in [1.807, 2.05) is 25.7 Å². The van der Waals surface area contributed by atoms with Gasteiger partial charge in [-0.05, 0) is 73.9 Å². The van der Waals surface area contributed by atoms with Crippen molar-refractivity contribution in [2.75, 3.05) is 13.1 Å². The first-order valence-corrected chi connectivity index (χ1v) is 9.47. The third kappa shape index (κ3) is 4.66. The molecule has 1 aliphatic heterocycles. The molecule has 3 heteroatoms. The van der Waals surface area contributed by atoms with E-state index in [1.165, 1.54) is 21.9 Å². The Morgan fingerprint density at radius 3 is 2.42 bits per heavy atom. The molecular weight excluding hydrogens is 322 g/mol. The normalized spacial score (nSPS) is 15.9. The van der Waals surface area contributed by atoms with Crippen LogP contribution in [-0.2, 0) is 4.74 Å². The van der Waals surface area contributed by atoms with Crippen LogP contribution in [0.4, 0.5) is 4.79 Å². The van der Waals surface area contributed by atoms with Crippen molar-refractivity contribution in [3.05, 3.63) is 54.6 Å². The zero-order chi connectivity index (χ0) is 18.7. The fourth-order valence-corrected chi connectivity index (χ4v) is 3.52. The van der Waals surface area contributed by atoms with Gasteiger partial charge < -0.3 is 9.64 Å². The van der Waals surface area contributed by atoms with Gasteiger partial charge in [-0.25, -0.2) is 4.79 Å². The Hall–Kier alpha value is -2.29. The summed E-state index contributed by atoms with van der Waals surface area (Å²) >= 11 is 0. The number of nitrogens with zero attached hydrogens (tertiary/aromatic N) is 1. The molecule has 3 rings (SSSR count). The second kappa shape index (κ2) is 7.53. The summed E-state index contributed by atoms with van der Waals surface area (Å²) in [6.07, 6.45) is 2.81. The molecule has 138 valence electrons. The topological polar surface area (TPSA) is 29.5 Å². The van der Waals surface area contributed by atoms with E-state index in [-0.39, 0.29) is 6.09 Å². The number of benzene rings is 2. The standard InChI is InChI=1S/C23H29NO2/c1-17(20-10-9-19-7-5-6-8-21(19)16-20)15-18-11-13-24(14-12-18)22(25)26-23(2,3)4/h5-10,16,18H,1,11-15H2,2-4H3. The third-order valence-corrected chi connectivity index (χ3v) is 4.96. The van der Waals surface area contributed by atoms with Gasteiger partial charge in [0.05, 0.1) is 0 Å². The van der Waals surface area contributed by atoms with Gasteiger partial charge in [0.25, 0.3) is 0 Å². The molecule has 0 bridgehead atoms. The number of likely N-dealkylation sites (tertiary alicyclic amines) is 1. The van der Waals surface area contributed by atoms with Crippen LogP contribution in [0.25, 0.3) is 16.3 Å². The van der Waals surface area contributed by atoms with E-state index in [0.717, 1.165) is 32.4 Å². The van der Waals surface area contributed by atoms with Crippen molar-refractivity contribution in [1.29, 1.82) is 0 Å². The lowest BCUT2D eigenvalue weighted by Crippen LogP contribution is -2.41. The lowest BCUT2D eigenvalue weighted by Gasteiger charge is -2.33. The maximum Gasteiger partial charge on any atom is 0.410 e. The van der Waals surface area contributed by atoms with Crippen LogP contribution in [-0.4, -0.2) is 29.7 Å². The fourth-order valence-electron chi connectivity index (χ4n) is 3.52. The van der Waals surface area contributed by atoms with Crippen molar-refractivity contribution in [1.82, 2.24) is 4.90 Å². The molecule has 1 saturated heterocycles. The Bertz CT molecular complexity index is 795. The molecule has 0 atom stereocenters. The highest BCUT2D eigenvalue weighted by Crippen LogP contribution is 2.30. The summed E-state index contributed by atoms with van der Waals surface area (Å²) in [4.78, 5) is 14.0. The van der Waals surface area contributed by atoms with E-state index >= 15 is 0 Å². The van der Waals surface area contributed by atoms with E-state index in [2.05, 4.69) is 49.0 Å². The van der Waals surface area contributed by atoms with Crippen LogP contribution in [0.5, 0.6) is 0 Å². The van der Waals surface area contributed by atoms with Gasteiger partial charge in [-0.1, -0.05) is 43.0 Å². The van der Waals surface area contributed by atoms with E-state index in [9.17, 15) is 4.79 Å². The minimum atomic E-state index is -0.432. The number of ether oxygens (including phenoxy) is 1. The van der Waals surface area contributed by atoms with Gasteiger partial charge in [-0.3, -0.25) is 0 Å². The summed E-state index contributed by atoms with van der Waals surface area (Å²) in [5, 5.41) is 2.51. The molecule has 1 heterocycles. The molecule has 2 aromatic rings. The molecule has 1 aliphatic rings. The van der Waals surface area contributed by atoms with Crippen LogP contribution < -0.4 is 0 Å². The first-order valence-electron chi connectivity index (χ1n) is 9.47. The first kappa shape index (κ1) is 18.5. The molecule has 26 heavy (non-hydrogen) atoms. The molecule has 2 aromatic carbocycles. The molecule has 0 N–H and O–H groups in total. The van der Waals surface area contributed by atoms with Crippen LogP contribution in [0, 0.1) is 5.92 Å². The van der Waals surface area contributed by atoms with Crippen LogP contribution in [0.2, 0.25) is 0 Å². The van der Waals surface area contributed by atoms with Gasteiger partial charge in [-0.15, -0.1) is 0 Å². The third-order valence-electron chi connectivity index (χ3n) is 4.96. The van der Waals surface area contributed by atoms with Gasteiger partial charge in [-0.2, -0.15) is 0 Å². The maximum atomic E-state index is 12.2. The van der Waals surface area contributed by atoms with Crippen molar-refractivity contribution in [3.63, 3.8) is 0 Å². The van der Waals surface area contributed by atoms with Gasteiger partial charge in [0.15, 0.2) is 0 Å². The van der Waals surface area contributed by atoms with Gasteiger partial charge in [0.2, 0.25) is 0 Å². The van der Waals surface area contributed by atoms with E-state index in [1.54, 1.807) is 0 Å². The number of fused-ring (bicyclic) bond motifs is 1. The Balaban J connectivity index is 1.55. The van der Waals surface area contributed by atoms with Crippen LogP contribution in [0.3, 0.4) is 0 Å². The summed E-state index contributed by atoms with van der Waals surface area (Å²) in [6, 6.07) is 15.0. The summed E-state index contributed by atoms with van der Waals surface area (Å²) in [5.41, 5.74) is 1.97. The Morgan fingerprint density at radius 2 is 1.77 bits per heavy atom. The molecule has 1 amide bonds. The van der Waals surface area contributed by atoms with E-state index < -0.39 is 5.60 Å². The molecule has 0 saturated carbocycles. The van der Waals surface area contributed by atoms with Crippen molar-refractivity contribution >= 4 is 22.4 Å². The van der Waals surface area contributed by atoms with Gasteiger partial charge in [0, 0.05) is 13.1 Å². The second-order valence-electron chi connectivity index (χ2n) is 8.28. The monoisotopic (exact) mass is 351 g/mol. The Morgan fingerprint density at radius 1 is 1.12 bits per heavy atom. The molecule has 0 radical (unpaired) electrons. The number of amides is 1. The summed E-state index contributed by atoms with van der Waals surface area (Å²) < 4.78 is 5.47.